The Morgan fingerprint density at radius 3 is 2.50 bits per heavy atom. The first-order valence-electron chi connectivity index (χ1n) is 10.7. The lowest BCUT2D eigenvalue weighted by atomic mass is 10.0. The number of benzene rings is 1. The summed E-state index contributed by atoms with van der Waals surface area (Å²) >= 11 is 0. The van der Waals surface area contributed by atoms with E-state index in [9.17, 15) is 0 Å². The highest BCUT2D eigenvalue weighted by molar-refractivity contribution is 5.63. The summed E-state index contributed by atoms with van der Waals surface area (Å²) in [6.45, 7) is 9.09. The molecule has 2 heteroatoms. The van der Waals surface area contributed by atoms with E-state index in [0.29, 0.717) is 6.10 Å². The molecule has 0 aliphatic heterocycles. The quantitative estimate of drug-likeness (QED) is 0.271. The summed E-state index contributed by atoms with van der Waals surface area (Å²) in [6, 6.07) is 12.8. The van der Waals surface area contributed by atoms with Crippen LogP contribution in [0.3, 0.4) is 0 Å². The van der Waals surface area contributed by atoms with Gasteiger partial charge in [0, 0.05) is 18.4 Å². The van der Waals surface area contributed by atoms with E-state index in [1.54, 1.807) is 0 Å². The number of aromatic nitrogens is 1. The van der Waals surface area contributed by atoms with Crippen molar-refractivity contribution in [3.05, 3.63) is 72.6 Å². The molecular formula is C26H35NO. The fourth-order valence-electron chi connectivity index (χ4n) is 3.12. The Bertz CT molecular complexity index is 700. The van der Waals surface area contributed by atoms with Crippen LogP contribution in [0.25, 0.3) is 17.2 Å². The molecule has 1 aromatic carbocycles. The van der Waals surface area contributed by atoms with E-state index in [0.717, 1.165) is 43.5 Å². The van der Waals surface area contributed by atoms with E-state index in [1.165, 1.54) is 30.4 Å². The molecule has 2 aromatic rings. The van der Waals surface area contributed by atoms with Crippen molar-refractivity contribution in [2.24, 2.45) is 0 Å². The second kappa shape index (κ2) is 13.1. The van der Waals surface area contributed by atoms with Crippen LogP contribution in [-0.2, 0) is 11.2 Å². The van der Waals surface area contributed by atoms with E-state index >= 15 is 0 Å². The van der Waals surface area contributed by atoms with Crippen molar-refractivity contribution in [2.45, 2.75) is 64.9 Å². The molecule has 0 bridgehead atoms. The summed E-state index contributed by atoms with van der Waals surface area (Å²) in [6.07, 6.45) is 16.5. The van der Waals surface area contributed by atoms with Crippen molar-refractivity contribution < 1.29 is 4.74 Å². The van der Waals surface area contributed by atoms with Crippen LogP contribution in [0.2, 0.25) is 0 Å². The first kappa shape index (κ1) is 22.1. The normalized spacial score (nSPS) is 12.4. The summed E-state index contributed by atoms with van der Waals surface area (Å²) in [5, 5.41) is 0. The van der Waals surface area contributed by atoms with E-state index < -0.39 is 0 Å². The zero-order valence-electron chi connectivity index (χ0n) is 17.6. The number of allylic oxidation sites excluding steroid dienone is 2. The van der Waals surface area contributed by atoms with Gasteiger partial charge in [0.1, 0.15) is 0 Å². The first-order chi connectivity index (χ1) is 13.7. The van der Waals surface area contributed by atoms with Gasteiger partial charge in [0.05, 0.1) is 11.8 Å². The smallest absolute Gasteiger partial charge is 0.0626 e. The SMILES string of the molecule is C=CCc1ccc(-c2ccc(/C=C/CCCC(C)OCCCCC)nc2)cc1. The Hall–Kier alpha value is -2.19. The van der Waals surface area contributed by atoms with Crippen molar-refractivity contribution in [1.82, 2.24) is 4.98 Å². The van der Waals surface area contributed by atoms with Gasteiger partial charge in [0.2, 0.25) is 0 Å². The lowest BCUT2D eigenvalue weighted by Crippen LogP contribution is -2.08. The number of pyridine rings is 1. The van der Waals surface area contributed by atoms with Gasteiger partial charge in [-0.25, -0.2) is 0 Å². The van der Waals surface area contributed by atoms with E-state index in [4.69, 9.17) is 4.74 Å². The molecule has 1 atom stereocenters. The second-order valence-corrected chi connectivity index (χ2v) is 7.38. The number of hydrogen-bond acceptors (Lipinski definition) is 2. The van der Waals surface area contributed by atoms with Gasteiger partial charge in [-0.3, -0.25) is 4.98 Å². The number of ether oxygens (including phenoxy) is 1. The van der Waals surface area contributed by atoms with Crippen LogP contribution >= 0.6 is 0 Å². The molecule has 0 saturated carbocycles. The fourth-order valence-corrected chi connectivity index (χ4v) is 3.12. The van der Waals surface area contributed by atoms with Crippen molar-refractivity contribution in [3.8, 4) is 11.1 Å². The van der Waals surface area contributed by atoms with Crippen molar-refractivity contribution in [2.75, 3.05) is 6.61 Å². The zero-order valence-corrected chi connectivity index (χ0v) is 17.6. The van der Waals surface area contributed by atoms with Gasteiger partial charge in [-0.05, 0) is 62.3 Å². The third kappa shape index (κ3) is 8.22. The molecule has 0 aliphatic carbocycles. The highest BCUT2D eigenvalue weighted by atomic mass is 16.5. The maximum Gasteiger partial charge on any atom is 0.0626 e. The molecule has 1 heterocycles. The molecular weight excluding hydrogens is 342 g/mol. The van der Waals surface area contributed by atoms with E-state index in [-0.39, 0.29) is 0 Å². The molecule has 0 saturated heterocycles. The predicted molar refractivity (Wildman–Crippen MR) is 121 cm³/mol. The van der Waals surface area contributed by atoms with Gasteiger partial charge in [-0.2, -0.15) is 0 Å². The standard InChI is InChI=1S/C26H35NO/c1-4-6-10-20-28-22(3)12-8-7-9-13-26-19-18-25(21-27-26)24-16-14-23(11-5-2)15-17-24/h5,9,13-19,21-22H,2,4,6-8,10-12,20H2,1,3H3/b13-9+. The predicted octanol–water partition coefficient (Wildman–Crippen LogP) is 7.26. The molecule has 2 nitrogen and oxygen atoms in total. The molecule has 1 unspecified atom stereocenters. The maximum atomic E-state index is 5.84. The zero-order chi connectivity index (χ0) is 20.0. The van der Waals surface area contributed by atoms with Crippen molar-refractivity contribution >= 4 is 6.08 Å². The highest BCUT2D eigenvalue weighted by Crippen LogP contribution is 2.20. The van der Waals surface area contributed by atoms with Gasteiger partial charge in [-0.15, -0.1) is 6.58 Å². The van der Waals surface area contributed by atoms with Crippen LogP contribution in [0.5, 0.6) is 0 Å². The summed E-state index contributed by atoms with van der Waals surface area (Å²) in [5.74, 6) is 0. The number of hydrogen-bond donors (Lipinski definition) is 0. The molecule has 1 aromatic heterocycles. The van der Waals surface area contributed by atoms with E-state index in [2.05, 4.69) is 74.0 Å². The van der Waals surface area contributed by atoms with Crippen molar-refractivity contribution in [1.29, 1.82) is 0 Å². The van der Waals surface area contributed by atoms with Crippen LogP contribution in [0.4, 0.5) is 0 Å². The fraction of sp³-hybridized carbons (Fsp3) is 0.423. The third-order valence-electron chi connectivity index (χ3n) is 4.87. The molecule has 28 heavy (non-hydrogen) atoms. The Morgan fingerprint density at radius 1 is 1.04 bits per heavy atom. The summed E-state index contributed by atoms with van der Waals surface area (Å²) in [7, 11) is 0. The minimum Gasteiger partial charge on any atom is -0.379 e. The maximum absolute atomic E-state index is 5.84. The van der Waals surface area contributed by atoms with Crippen LogP contribution in [0.15, 0.2) is 61.3 Å². The molecule has 0 N–H and O–H groups in total. The molecule has 0 aliphatic rings. The van der Waals surface area contributed by atoms with Gasteiger partial charge >= 0.3 is 0 Å². The largest absolute Gasteiger partial charge is 0.379 e. The topological polar surface area (TPSA) is 22.1 Å². The number of rotatable bonds is 13. The third-order valence-corrected chi connectivity index (χ3v) is 4.87. The molecule has 0 radical (unpaired) electrons. The Labute approximate surface area is 171 Å². The van der Waals surface area contributed by atoms with Gasteiger partial charge < -0.3 is 4.74 Å². The number of nitrogens with zero attached hydrogens (tertiary/aromatic N) is 1. The van der Waals surface area contributed by atoms with Gasteiger partial charge in [0.15, 0.2) is 0 Å². The Kier molecular flexibility index (Phi) is 10.3. The summed E-state index contributed by atoms with van der Waals surface area (Å²) in [5.41, 5.74) is 4.64. The average Bonchev–Trinajstić information content (AvgIpc) is 2.72. The minimum absolute atomic E-state index is 0.362. The molecule has 150 valence electrons. The summed E-state index contributed by atoms with van der Waals surface area (Å²) < 4.78 is 5.84. The van der Waals surface area contributed by atoms with Crippen molar-refractivity contribution in [3.63, 3.8) is 0 Å². The number of unbranched alkanes of at least 4 members (excludes halogenated alkanes) is 3. The summed E-state index contributed by atoms with van der Waals surface area (Å²) in [4.78, 5) is 4.58. The monoisotopic (exact) mass is 377 g/mol. The molecule has 2 rings (SSSR count). The Morgan fingerprint density at radius 2 is 1.82 bits per heavy atom. The van der Waals surface area contributed by atoms with Crippen LogP contribution in [-0.4, -0.2) is 17.7 Å². The Balaban J connectivity index is 1.72. The average molecular weight is 378 g/mol. The first-order valence-corrected chi connectivity index (χ1v) is 10.7. The lowest BCUT2D eigenvalue weighted by molar-refractivity contribution is 0.0566. The van der Waals surface area contributed by atoms with Gasteiger partial charge in [-0.1, -0.05) is 62.2 Å². The minimum atomic E-state index is 0.362. The lowest BCUT2D eigenvalue weighted by Gasteiger charge is -2.11. The molecule has 0 amide bonds. The van der Waals surface area contributed by atoms with Crippen LogP contribution in [0.1, 0.15) is 63.6 Å². The van der Waals surface area contributed by atoms with Crippen LogP contribution < -0.4 is 0 Å². The highest BCUT2D eigenvalue weighted by Gasteiger charge is 2.01. The second-order valence-electron chi connectivity index (χ2n) is 7.38. The van der Waals surface area contributed by atoms with Gasteiger partial charge in [0.25, 0.3) is 0 Å². The van der Waals surface area contributed by atoms with Crippen LogP contribution in [0, 0.1) is 0 Å². The van der Waals surface area contributed by atoms with E-state index in [1.807, 2.05) is 12.3 Å². The molecule has 0 fully saturated rings. The molecule has 0 spiro atoms.